The maximum absolute atomic E-state index is 11.0. The molecule has 1 atom stereocenters. The van der Waals surface area contributed by atoms with E-state index < -0.39 is 0 Å². The first kappa shape index (κ1) is 18.8. The summed E-state index contributed by atoms with van der Waals surface area (Å²) < 4.78 is 1.75. The van der Waals surface area contributed by atoms with Gasteiger partial charge < -0.3 is 9.88 Å². The zero-order valence-corrected chi connectivity index (χ0v) is 13.1. The highest BCUT2D eigenvalue weighted by Gasteiger charge is 2.09. The molecule has 1 amide bonds. The molecule has 1 heterocycles. The molecule has 2 N–H and O–H groups in total. The van der Waals surface area contributed by atoms with Gasteiger partial charge in [0.2, 0.25) is 6.41 Å². The lowest BCUT2D eigenvalue weighted by Crippen LogP contribution is -2.29. The van der Waals surface area contributed by atoms with Crippen LogP contribution in [0.4, 0.5) is 0 Å². The van der Waals surface area contributed by atoms with Crippen LogP contribution in [0.5, 0.6) is 0 Å². The first-order chi connectivity index (χ1) is 9.92. The van der Waals surface area contributed by atoms with E-state index >= 15 is 0 Å². The van der Waals surface area contributed by atoms with Crippen LogP contribution >= 0.6 is 0 Å². The minimum atomic E-state index is -0.0620. The van der Waals surface area contributed by atoms with Gasteiger partial charge in [0.05, 0.1) is 0 Å². The smallest absolute Gasteiger partial charge is 0.207 e. The maximum atomic E-state index is 11.0. The minimum absolute atomic E-state index is 0.0620. The Morgan fingerprint density at radius 1 is 1.52 bits per heavy atom. The largest absolute Gasteiger partial charge is 0.352 e. The van der Waals surface area contributed by atoms with E-state index in [2.05, 4.69) is 11.9 Å². The van der Waals surface area contributed by atoms with Crippen LogP contribution in [0.15, 0.2) is 36.5 Å². The van der Waals surface area contributed by atoms with Crippen LogP contribution in [-0.2, 0) is 16.6 Å². The molecule has 5 nitrogen and oxygen atoms in total. The SMILES string of the molecule is C=C(C)C(CCC(=O)CC)NC=O.Cn1ccccc1=N. The second kappa shape index (κ2) is 10.6. The Bertz CT molecular complexity index is 520. The van der Waals surface area contributed by atoms with Gasteiger partial charge in [-0.1, -0.05) is 25.1 Å². The number of hydrogen-bond acceptors (Lipinski definition) is 3. The van der Waals surface area contributed by atoms with E-state index in [0.29, 0.717) is 31.2 Å². The second-order valence-electron chi connectivity index (χ2n) is 4.81. The van der Waals surface area contributed by atoms with Gasteiger partial charge in [0, 0.05) is 32.1 Å². The first-order valence-corrected chi connectivity index (χ1v) is 6.95. The summed E-state index contributed by atoms with van der Waals surface area (Å²) in [5.74, 6) is 0.221. The van der Waals surface area contributed by atoms with Crippen LogP contribution in [0.3, 0.4) is 0 Å². The normalized spacial score (nSPS) is 10.8. The van der Waals surface area contributed by atoms with Gasteiger partial charge in [0.25, 0.3) is 0 Å². The molecule has 1 aromatic rings. The molecule has 1 aromatic heterocycles. The molecule has 0 spiro atoms. The van der Waals surface area contributed by atoms with Gasteiger partial charge >= 0.3 is 0 Å². The van der Waals surface area contributed by atoms with Crippen molar-refractivity contribution >= 4 is 12.2 Å². The van der Waals surface area contributed by atoms with Gasteiger partial charge in [-0.15, -0.1) is 0 Å². The molecule has 0 aliphatic heterocycles. The highest BCUT2D eigenvalue weighted by atomic mass is 16.1. The van der Waals surface area contributed by atoms with E-state index in [-0.39, 0.29) is 11.8 Å². The number of hydrogen-bond donors (Lipinski definition) is 2. The third kappa shape index (κ3) is 8.57. The van der Waals surface area contributed by atoms with Gasteiger partial charge in [-0.2, -0.15) is 0 Å². The average Bonchev–Trinajstić information content (AvgIpc) is 2.46. The number of amides is 1. The molecule has 1 rings (SSSR count). The highest BCUT2D eigenvalue weighted by molar-refractivity contribution is 5.78. The number of rotatable bonds is 7. The lowest BCUT2D eigenvalue weighted by atomic mass is 10.0. The fourth-order valence-corrected chi connectivity index (χ4v) is 1.56. The summed E-state index contributed by atoms with van der Waals surface area (Å²) in [5, 5.41) is 9.81. The predicted octanol–water partition coefficient (Wildman–Crippen LogP) is 1.94. The molecule has 0 saturated carbocycles. The summed E-state index contributed by atoms with van der Waals surface area (Å²) in [6.07, 6.45) is 4.22. The number of ketones is 1. The number of carbonyl (C=O) groups is 2. The van der Waals surface area contributed by atoms with Crippen LogP contribution in [0.2, 0.25) is 0 Å². The van der Waals surface area contributed by atoms with Crippen molar-refractivity contribution in [2.75, 3.05) is 0 Å². The fraction of sp³-hybridized carbons (Fsp3) is 0.438. The van der Waals surface area contributed by atoms with Crippen molar-refractivity contribution < 1.29 is 9.59 Å². The molecular formula is C16H25N3O2. The summed E-state index contributed by atoms with van der Waals surface area (Å²) in [6.45, 7) is 7.43. The number of carbonyl (C=O) groups excluding carboxylic acids is 2. The molecule has 0 bridgehead atoms. The Hall–Kier alpha value is -2.17. The van der Waals surface area contributed by atoms with E-state index in [1.807, 2.05) is 39.2 Å². The van der Waals surface area contributed by atoms with Crippen molar-refractivity contribution in [1.29, 1.82) is 5.41 Å². The van der Waals surface area contributed by atoms with Crippen LogP contribution in [-0.4, -0.2) is 22.8 Å². The fourth-order valence-electron chi connectivity index (χ4n) is 1.56. The van der Waals surface area contributed by atoms with E-state index in [0.717, 1.165) is 5.57 Å². The Labute approximate surface area is 126 Å². The highest BCUT2D eigenvalue weighted by Crippen LogP contribution is 2.06. The first-order valence-electron chi connectivity index (χ1n) is 6.95. The molecule has 0 aliphatic carbocycles. The Morgan fingerprint density at radius 3 is 2.57 bits per heavy atom. The van der Waals surface area contributed by atoms with E-state index in [4.69, 9.17) is 5.41 Å². The molecule has 1 unspecified atom stereocenters. The number of aryl methyl sites for hydroxylation is 1. The molecule has 0 saturated heterocycles. The molecule has 0 aromatic carbocycles. The van der Waals surface area contributed by atoms with E-state index in [1.165, 1.54) is 0 Å². The average molecular weight is 291 g/mol. The molecule has 116 valence electrons. The molecule has 5 heteroatoms. The monoisotopic (exact) mass is 291 g/mol. The van der Waals surface area contributed by atoms with Crippen molar-refractivity contribution in [3.63, 3.8) is 0 Å². The van der Waals surface area contributed by atoms with Crippen molar-refractivity contribution in [2.45, 2.75) is 39.2 Å². The Balaban J connectivity index is 0.000000423. The summed E-state index contributed by atoms with van der Waals surface area (Å²) in [6, 6.07) is 5.44. The lowest BCUT2D eigenvalue weighted by Gasteiger charge is -2.14. The van der Waals surface area contributed by atoms with Crippen molar-refractivity contribution in [2.24, 2.45) is 7.05 Å². The number of nitrogens with one attached hydrogen (secondary N) is 2. The minimum Gasteiger partial charge on any atom is -0.352 e. The number of nitrogens with zero attached hydrogens (tertiary/aromatic N) is 1. The summed E-state index contributed by atoms with van der Waals surface area (Å²) in [4.78, 5) is 21.2. The molecule has 0 aliphatic rings. The standard InChI is InChI=1S/C10H17NO2.C6H8N2/c1-4-9(13)5-6-10(8(2)3)11-7-12;1-8-5-3-2-4-6(8)7/h7,10H,2,4-6H2,1,3H3,(H,11,12);2-5,7H,1H3. The quantitative estimate of drug-likeness (QED) is 0.595. The van der Waals surface area contributed by atoms with Crippen molar-refractivity contribution in [1.82, 2.24) is 9.88 Å². The van der Waals surface area contributed by atoms with Gasteiger partial charge in [-0.3, -0.25) is 15.0 Å². The van der Waals surface area contributed by atoms with Gasteiger partial charge in [0.1, 0.15) is 11.3 Å². The van der Waals surface area contributed by atoms with Crippen molar-refractivity contribution in [3.05, 3.63) is 42.0 Å². The number of Topliss-reactive ketones (excluding diaryl/α,β-unsaturated/α-hetero) is 1. The van der Waals surface area contributed by atoms with Gasteiger partial charge in [0.15, 0.2) is 0 Å². The lowest BCUT2D eigenvalue weighted by molar-refractivity contribution is -0.119. The number of aromatic nitrogens is 1. The maximum Gasteiger partial charge on any atom is 0.207 e. The van der Waals surface area contributed by atoms with Crippen LogP contribution in [0.25, 0.3) is 0 Å². The Kier molecular flexibility index (Phi) is 9.50. The summed E-state index contributed by atoms with van der Waals surface area (Å²) in [7, 11) is 1.85. The van der Waals surface area contributed by atoms with Gasteiger partial charge in [-0.25, -0.2) is 0 Å². The second-order valence-corrected chi connectivity index (χ2v) is 4.81. The molecule has 21 heavy (non-hydrogen) atoms. The summed E-state index contributed by atoms with van der Waals surface area (Å²) in [5.41, 5.74) is 1.42. The third-order valence-corrected chi connectivity index (χ3v) is 3.03. The predicted molar refractivity (Wildman–Crippen MR) is 83.6 cm³/mol. The van der Waals surface area contributed by atoms with Crippen LogP contribution < -0.4 is 10.8 Å². The van der Waals surface area contributed by atoms with Crippen LogP contribution in [0, 0.1) is 5.41 Å². The molecular weight excluding hydrogens is 266 g/mol. The van der Waals surface area contributed by atoms with E-state index in [1.54, 1.807) is 10.6 Å². The number of pyridine rings is 1. The Morgan fingerprint density at radius 2 is 2.19 bits per heavy atom. The molecule has 0 radical (unpaired) electrons. The zero-order valence-electron chi connectivity index (χ0n) is 13.1. The van der Waals surface area contributed by atoms with Crippen LogP contribution in [0.1, 0.15) is 33.1 Å². The van der Waals surface area contributed by atoms with Crippen molar-refractivity contribution in [3.8, 4) is 0 Å². The van der Waals surface area contributed by atoms with Gasteiger partial charge in [-0.05, 0) is 25.5 Å². The topological polar surface area (TPSA) is 75.0 Å². The van der Waals surface area contributed by atoms with E-state index in [9.17, 15) is 9.59 Å². The summed E-state index contributed by atoms with van der Waals surface area (Å²) >= 11 is 0. The zero-order chi connectivity index (χ0) is 16.3. The molecule has 0 fully saturated rings. The third-order valence-electron chi connectivity index (χ3n) is 3.03.